The second kappa shape index (κ2) is 6.25. The first-order valence-electron chi connectivity index (χ1n) is 8.12. The van der Waals surface area contributed by atoms with Gasteiger partial charge in [0.15, 0.2) is 0 Å². The molecule has 2 fully saturated rings. The Morgan fingerprint density at radius 3 is 2.63 bits per heavy atom. The van der Waals surface area contributed by atoms with Crippen molar-refractivity contribution >= 4 is 5.91 Å². The van der Waals surface area contributed by atoms with Crippen molar-refractivity contribution in [1.82, 2.24) is 10.2 Å². The summed E-state index contributed by atoms with van der Waals surface area (Å²) in [6.07, 6.45) is 7.54. The minimum Gasteiger partial charge on any atom is -0.323 e. The first-order valence-corrected chi connectivity index (χ1v) is 8.12. The van der Waals surface area contributed by atoms with Crippen LogP contribution in [0.2, 0.25) is 0 Å². The third-order valence-corrected chi connectivity index (χ3v) is 4.90. The second-order valence-electron chi connectivity index (χ2n) is 6.83. The van der Waals surface area contributed by atoms with Crippen molar-refractivity contribution < 1.29 is 4.79 Å². The van der Waals surface area contributed by atoms with Crippen LogP contribution >= 0.6 is 0 Å². The molecule has 19 heavy (non-hydrogen) atoms. The standard InChI is InChI=1S/C16H30N2O/c1-5-14-17-15(11(2)3)16(19)18(14)13-8-6-7-12(4)9-10-13/h11-15,17H,5-10H2,1-4H3. The number of nitrogens with one attached hydrogen (secondary N) is 1. The lowest BCUT2D eigenvalue weighted by molar-refractivity contribution is -0.133. The lowest BCUT2D eigenvalue weighted by Crippen LogP contribution is -2.44. The van der Waals surface area contributed by atoms with Gasteiger partial charge in [-0.05, 0) is 37.5 Å². The molecule has 1 saturated carbocycles. The number of hydrogen-bond acceptors (Lipinski definition) is 2. The van der Waals surface area contributed by atoms with Gasteiger partial charge in [-0.3, -0.25) is 10.1 Å². The number of amides is 1. The van der Waals surface area contributed by atoms with E-state index in [2.05, 4.69) is 37.9 Å². The fourth-order valence-electron chi connectivity index (χ4n) is 3.65. The summed E-state index contributed by atoms with van der Waals surface area (Å²) in [4.78, 5) is 14.9. The third kappa shape index (κ3) is 3.13. The Kier molecular flexibility index (Phi) is 4.88. The lowest BCUT2D eigenvalue weighted by atomic mass is 10.0. The number of hydrogen-bond donors (Lipinski definition) is 1. The van der Waals surface area contributed by atoms with Gasteiger partial charge in [-0.25, -0.2) is 0 Å². The van der Waals surface area contributed by atoms with E-state index in [0.717, 1.165) is 12.3 Å². The summed E-state index contributed by atoms with van der Waals surface area (Å²) in [5.41, 5.74) is 0. The maximum atomic E-state index is 12.7. The number of carbonyl (C=O) groups is 1. The SMILES string of the molecule is CCC1NC(C(C)C)C(=O)N1C1CCCC(C)CC1. The van der Waals surface area contributed by atoms with Crippen molar-refractivity contribution in [3.8, 4) is 0 Å². The van der Waals surface area contributed by atoms with E-state index in [1.165, 1.54) is 32.1 Å². The highest BCUT2D eigenvalue weighted by atomic mass is 16.2. The average molecular weight is 266 g/mol. The Balaban J connectivity index is 2.10. The van der Waals surface area contributed by atoms with Crippen LogP contribution in [0.3, 0.4) is 0 Å². The summed E-state index contributed by atoms with van der Waals surface area (Å²) in [5, 5.41) is 3.55. The summed E-state index contributed by atoms with van der Waals surface area (Å²) in [5.74, 6) is 1.56. The van der Waals surface area contributed by atoms with Crippen LogP contribution in [0.15, 0.2) is 0 Å². The van der Waals surface area contributed by atoms with Crippen LogP contribution in [0.4, 0.5) is 0 Å². The van der Waals surface area contributed by atoms with Crippen molar-refractivity contribution in [2.75, 3.05) is 0 Å². The van der Waals surface area contributed by atoms with Crippen LogP contribution in [0, 0.1) is 11.8 Å². The summed E-state index contributed by atoms with van der Waals surface area (Å²) < 4.78 is 0. The second-order valence-corrected chi connectivity index (χ2v) is 6.83. The molecule has 4 atom stereocenters. The van der Waals surface area contributed by atoms with Crippen LogP contribution in [-0.4, -0.2) is 29.1 Å². The van der Waals surface area contributed by atoms with Crippen LogP contribution < -0.4 is 5.32 Å². The average Bonchev–Trinajstić information content (AvgIpc) is 2.55. The summed E-state index contributed by atoms with van der Waals surface area (Å²) in [6.45, 7) is 8.81. The molecule has 0 bridgehead atoms. The van der Waals surface area contributed by atoms with E-state index in [1.807, 2.05) is 0 Å². The highest BCUT2D eigenvalue weighted by molar-refractivity contribution is 5.84. The molecule has 0 spiro atoms. The van der Waals surface area contributed by atoms with E-state index < -0.39 is 0 Å². The highest BCUT2D eigenvalue weighted by Crippen LogP contribution is 2.30. The summed E-state index contributed by atoms with van der Waals surface area (Å²) >= 11 is 0. The smallest absolute Gasteiger partial charge is 0.241 e. The van der Waals surface area contributed by atoms with Crippen LogP contribution in [0.5, 0.6) is 0 Å². The number of carbonyl (C=O) groups excluding carboxylic acids is 1. The van der Waals surface area contributed by atoms with Crippen LogP contribution in [0.1, 0.15) is 66.2 Å². The van der Waals surface area contributed by atoms with Crippen molar-refractivity contribution in [2.45, 2.75) is 84.5 Å². The fraction of sp³-hybridized carbons (Fsp3) is 0.938. The highest BCUT2D eigenvalue weighted by Gasteiger charge is 2.42. The van der Waals surface area contributed by atoms with E-state index in [4.69, 9.17) is 0 Å². The van der Waals surface area contributed by atoms with E-state index >= 15 is 0 Å². The lowest BCUT2D eigenvalue weighted by Gasteiger charge is -2.32. The predicted molar refractivity (Wildman–Crippen MR) is 78.7 cm³/mol. The molecule has 3 heteroatoms. The molecule has 0 aromatic carbocycles. The Hall–Kier alpha value is -0.570. The third-order valence-electron chi connectivity index (χ3n) is 4.90. The molecule has 1 aliphatic heterocycles. The Morgan fingerprint density at radius 2 is 2.00 bits per heavy atom. The quantitative estimate of drug-likeness (QED) is 0.796. The zero-order chi connectivity index (χ0) is 14.0. The molecule has 1 heterocycles. The maximum Gasteiger partial charge on any atom is 0.241 e. The minimum atomic E-state index is 0.0330. The monoisotopic (exact) mass is 266 g/mol. The first kappa shape index (κ1) is 14.8. The van der Waals surface area contributed by atoms with Crippen molar-refractivity contribution in [1.29, 1.82) is 0 Å². The molecule has 4 unspecified atom stereocenters. The Morgan fingerprint density at radius 1 is 1.26 bits per heavy atom. The predicted octanol–water partition coefficient (Wildman–Crippen LogP) is 3.15. The van der Waals surface area contributed by atoms with Crippen molar-refractivity contribution in [3.63, 3.8) is 0 Å². The normalized spacial score (nSPS) is 36.9. The molecule has 1 saturated heterocycles. The Labute approximate surface area is 118 Å². The zero-order valence-corrected chi connectivity index (χ0v) is 13.0. The summed E-state index contributed by atoms with van der Waals surface area (Å²) in [6, 6.07) is 0.504. The first-order chi connectivity index (χ1) is 9.04. The van der Waals surface area contributed by atoms with Gasteiger partial charge in [-0.1, -0.05) is 40.5 Å². The molecule has 110 valence electrons. The van der Waals surface area contributed by atoms with E-state index in [1.54, 1.807) is 0 Å². The van der Waals surface area contributed by atoms with Gasteiger partial charge in [0.1, 0.15) is 0 Å². The molecule has 1 aliphatic carbocycles. The minimum absolute atomic E-state index is 0.0330. The Bertz CT molecular complexity index is 316. The van der Waals surface area contributed by atoms with Gasteiger partial charge in [0.25, 0.3) is 0 Å². The molecule has 3 nitrogen and oxygen atoms in total. The van der Waals surface area contributed by atoms with Crippen molar-refractivity contribution in [3.05, 3.63) is 0 Å². The van der Waals surface area contributed by atoms with Crippen LogP contribution in [0.25, 0.3) is 0 Å². The van der Waals surface area contributed by atoms with Gasteiger partial charge in [0, 0.05) is 6.04 Å². The van der Waals surface area contributed by atoms with Crippen molar-refractivity contribution in [2.24, 2.45) is 11.8 Å². The molecule has 0 aromatic rings. The molecule has 1 amide bonds. The fourth-order valence-corrected chi connectivity index (χ4v) is 3.65. The maximum absolute atomic E-state index is 12.7. The van der Waals surface area contributed by atoms with Gasteiger partial charge in [-0.15, -0.1) is 0 Å². The van der Waals surface area contributed by atoms with Gasteiger partial charge in [-0.2, -0.15) is 0 Å². The van der Waals surface area contributed by atoms with E-state index in [-0.39, 0.29) is 12.2 Å². The van der Waals surface area contributed by atoms with E-state index in [9.17, 15) is 4.79 Å². The topological polar surface area (TPSA) is 32.3 Å². The number of rotatable bonds is 3. The molecule has 1 N–H and O–H groups in total. The van der Waals surface area contributed by atoms with Crippen LogP contribution in [-0.2, 0) is 4.79 Å². The van der Waals surface area contributed by atoms with Gasteiger partial charge < -0.3 is 4.90 Å². The molecular weight excluding hydrogens is 236 g/mol. The summed E-state index contributed by atoms with van der Waals surface area (Å²) in [7, 11) is 0. The van der Waals surface area contributed by atoms with Gasteiger partial charge >= 0.3 is 0 Å². The molecular formula is C16H30N2O. The van der Waals surface area contributed by atoms with E-state index in [0.29, 0.717) is 17.9 Å². The zero-order valence-electron chi connectivity index (χ0n) is 13.0. The van der Waals surface area contributed by atoms with Gasteiger partial charge in [0.05, 0.1) is 12.2 Å². The molecule has 0 aromatic heterocycles. The molecule has 0 radical (unpaired) electrons. The molecule has 2 aliphatic rings. The largest absolute Gasteiger partial charge is 0.323 e. The molecule has 2 rings (SSSR count). The number of nitrogens with zero attached hydrogens (tertiary/aromatic N) is 1. The van der Waals surface area contributed by atoms with Gasteiger partial charge in [0.2, 0.25) is 5.91 Å².